The molecule has 0 atom stereocenters. The molecule has 1 N–H and O–H groups in total. The second kappa shape index (κ2) is 9.60. The molecule has 5 heteroatoms. The van der Waals surface area contributed by atoms with E-state index >= 15 is 0 Å². The monoisotopic (exact) mass is 363 g/mol. The molecule has 0 aliphatic carbocycles. The standard InChI is InChI=1S/C19H22ClNO2S/c1-14(2)23-18-9-4-3-8-17(18)19(22)21-10-11-24-13-15-6-5-7-16(20)12-15/h3-9,12,14H,10-11,13H2,1-2H3,(H,21,22). The first-order chi connectivity index (χ1) is 11.6. The molecule has 0 unspecified atom stereocenters. The lowest BCUT2D eigenvalue weighted by atomic mass is 10.2. The van der Waals surface area contributed by atoms with Gasteiger partial charge in [0.1, 0.15) is 5.75 Å². The number of halogens is 1. The van der Waals surface area contributed by atoms with Gasteiger partial charge in [0.05, 0.1) is 11.7 Å². The maximum atomic E-state index is 12.3. The van der Waals surface area contributed by atoms with E-state index < -0.39 is 0 Å². The molecule has 0 spiro atoms. The topological polar surface area (TPSA) is 38.3 Å². The highest BCUT2D eigenvalue weighted by molar-refractivity contribution is 7.98. The van der Waals surface area contributed by atoms with Crippen LogP contribution in [0.5, 0.6) is 5.75 Å². The summed E-state index contributed by atoms with van der Waals surface area (Å²) in [6.07, 6.45) is 0.0344. The van der Waals surface area contributed by atoms with E-state index in [1.54, 1.807) is 17.8 Å². The molecule has 0 aromatic heterocycles. The Balaban J connectivity index is 1.77. The Morgan fingerprint density at radius 3 is 2.75 bits per heavy atom. The molecule has 24 heavy (non-hydrogen) atoms. The maximum absolute atomic E-state index is 12.3. The van der Waals surface area contributed by atoms with Crippen molar-refractivity contribution in [3.8, 4) is 5.75 Å². The quantitative estimate of drug-likeness (QED) is 0.685. The first kappa shape index (κ1) is 18.7. The molecular formula is C19H22ClNO2S. The van der Waals surface area contributed by atoms with Crippen LogP contribution in [0, 0.1) is 0 Å². The van der Waals surface area contributed by atoms with Crippen LogP contribution in [-0.2, 0) is 5.75 Å². The zero-order valence-corrected chi connectivity index (χ0v) is 15.5. The highest BCUT2D eigenvalue weighted by atomic mass is 35.5. The molecule has 2 aromatic carbocycles. The third-order valence-electron chi connectivity index (χ3n) is 3.18. The number of nitrogens with one attached hydrogen (secondary N) is 1. The highest BCUT2D eigenvalue weighted by Gasteiger charge is 2.12. The molecule has 0 aliphatic rings. The van der Waals surface area contributed by atoms with Crippen LogP contribution in [0.1, 0.15) is 29.8 Å². The number of para-hydroxylation sites is 1. The minimum atomic E-state index is -0.102. The summed E-state index contributed by atoms with van der Waals surface area (Å²) < 4.78 is 5.68. The molecule has 0 aliphatic heterocycles. The number of benzene rings is 2. The van der Waals surface area contributed by atoms with Crippen molar-refractivity contribution in [2.45, 2.75) is 25.7 Å². The zero-order chi connectivity index (χ0) is 17.4. The molecule has 2 aromatic rings. The lowest BCUT2D eigenvalue weighted by Crippen LogP contribution is -2.26. The largest absolute Gasteiger partial charge is 0.490 e. The number of rotatable bonds is 8. The summed E-state index contributed by atoms with van der Waals surface area (Å²) in [5.41, 5.74) is 1.76. The van der Waals surface area contributed by atoms with Gasteiger partial charge in [0, 0.05) is 23.1 Å². The van der Waals surface area contributed by atoms with Crippen LogP contribution in [0.3, 0.4) is 0 Å². The first-order valence-corrected chi connectivity index (χ1v) is 9.45. The van der Waals surface area contributed by atoms with E-state index in [9.17, 15) is 4.79 Å². The van der Waals surface area contributed by atoms with Gasteiger partial charge in [-0.15, -0.1) is 0 Å². The maximum Gasteiger partial charge on any atom is 0.255 e. The lowest BCUT2D eigenvalue weighted by molar-refractivity contribution is 0.0950. The smallest absolute Gasteiger partial charge is 0.255 e. The van der Waals surface area contributed by atoms with Crippen LogP contribution in [0.4, 0.5) is 0 Å². The van der Waals surface area contributed by atoms with E-state index in [2.05, 4.69) is 11.4 Å². The minimum absolute atomic E-state index is 0.0344. The number of thioether (sulfide) groups is 1. The zero-order valence-electron chi connectivity index (χ0n) is 13.9. The van der Waals surface area contributed by atoms with Crippen LogP contribution in [0.25, 0.3) is 0 Å². The Hall–Kier alpha value is -1.65. The van der Waals surface area contributed by atoms with Crippen molar-refractivity contribution in [2.75, 3.05) is 12.3 Å². The molecule has 1 amide bonds. The van der Waals surface area contributed by atoms with Crippen molar-refractivity contribution in [3.05, 3.63) is 64.7 Å². The van der Waals surface area contributed by atoms with Gasteiger partial charge in [0.2, 0.25) is 0 Å². The summed E-state index contributed by atoms with van der Waals surface area (Å²) in [5.74, 6) is 2.24. The van der Waals surface area contributed by atoms with Crippen LogP contribution < -0.4 is 10.1 Å². The van der Waals surface area contributed by atoms with E-state index in [0.29, 0.717) is 17.9 Å². The fourth-order valence-corrected chi connectivity index (χ4v) is 3.18. The molecule has 0 saturated carbocycles. The van der Waals surface area contributed by atoms with Crippen molar-refractivity contribution < 1.29 is 9.53 Å². The Bertz CT molecular complexity index is 676. The van der Waals surface area contributed by atoms with Crippen molar-refractivity contribution in [1.29, 1.82) is 0 Å². The Morgan fingerprint density at radius 1 is 1.21 bits per heavy atom. The summed E-state index contributed by atoms with van der Waals surface area (Å²) in [6.45, 7) is 4.50. The second-order valence-corrected chi connectivity index (χ2v) is 7.14. The number of ether oxygens (including phenoxy) is 1. The van der Waals surface area contributed by atoms with Gasteiger partial charge >= 0.3 is 0 Å². The fourth-order valence-electron chi connectivity index (χ4n) is 2.16. The average molecular weight is 364 g/mol. The van der Waals surface area contributed by atoms with Crippen molar-refractivity contribution in [2.24, 2.45) is 0 Å². The number of hydrogen-bond acceptors (Lipinski definition) is 3. The van der Waals surface area contributed by atoms with E-state index in [4.69, 9.17) is 16.3 Å². The second-order valence-electron chi connectivity index (χ2n) is 5.60. The van der Waals surface area contributed by atoms with Crippen molar-refractivity contribution >= 4 is 29.3 Å². The van der Waals surface area contributed by atoms with Gasteiger partial charge in [0.25, 0.3) is 5.91 Å². The SMILES string of the molecule is CC(C)Oc1ccccc1C(=O)NCCSCc1cccc(Cl)c1. The Labute approximate surface area is 152 Å². The van der Waals surface area contributed by atoms with Gasteiger partial charge in [-0.3, -0.25) is 4.79 Å². The number of carbonyl (C=O) groups is 1. The molecule has 0 heterocycles. The van der Waals surface area contributed by atoms with Crippen LogP contribution >= 0.6 is 23.4 Å². The van der Waals surface area contributed by atoms with Crippen LogP contribution in [0.15, 0.2) is 48.5 Å². The minimum Gasteiger partial charge on any atom is -0.490 e. The summed E-state index contributed by atoms with van der Waals surface area (Å²) in [6, 6.07) is 15.2. The average Bonchev–Trinajstić information content (AvgIpc) is 2.54. The van der Waals surface area contributed by atoms with Gasteiger partial charge in [-0.05, 0) is 43.7 Å². The van der Waals surface area contributed by atoms with Crippen molar-refractivity contribution in [1.82, 2.24) is 5.32 Å². The third kappa shape index (κ3) is 6.10. The molecule has 128 valence electrons. The Morgan fingerprint density at radius 2 is 2.00 bits per heavy atom. The van der Waals surface area contributed by atoms with Gasteiger partial charge in [0.15, 0.2) is 0 Å². The lowest BCUT2D eigenvalue weighted by Gasteiger charge is -2.14. The summed E-state index contributed by atoms with van der Waals surface area (Å²) in [7, 11) is 0. The van der Waals surface area contributed by atoms with Crippen LogP contribution in [-0.4, -0.2) is 24.3 Å². The number of amides is 1. The van der Waals surface area contributed by atoms with Gasteiger partial charge in [-0.25, -0.2) is 0 Å². The predicted octanol–water partition coefficient (Wildman–Crippen LogP) is 4.79. The number of carbonyl (C=O) groups excluding carboxylic acids is 1. The molecule has 3 nitrogen and oxygen atoms in total. The molecule has 2 rings (SSSR count). The van der Waals surface area contributed by atoms with Gasteiger partial charge in [-0.2, -0.15) is 11.8 Å². The molecule has 0 bridgehead atoms. The summed E-state index contributed by atoms with van der Waals surface area (Å²) in [4.78, 5) is 12.3. The molecular weight excluding hydrogens is 342 g/mol. The van der Waals surface area contributed by atoms with Gasteiger partial charge in [-0.1, -0.05) is 35.9 Å². The van der Waals surface area contributed by atoms with Crippen molar-refractivity contribution in [3.63, 3.8) is 0 Å². The number of hydrogen-bond donors (Lipinski definition) is 1. The van der Waals surface area contributed by atoms with E-state index in [0.717, 1.165) is 16.5 Å². The van der Waals surface area contributed by atoms with E-state index in [1.165, 1.54) is 5.56 Å². The third-order valence-corrected chi connectivity index (χ3v) is 4.45. The first-order valence-electron chi connectivity index (χ1n) is 7.92. The molecule has 0 radical (unpaired) electrons. The van der Waals surface area contributed by atoms with Gasteiger partial charge < -0.3 is 10.1 Å². The molecule has 0 fully saturated rings. The Kier molecular flexibility index (Phi) is 7.47. The summed E-state index contributed by atoms with van der Waals surface area (Å²) >= 11 is 7.73. The summed E-state index contributed by atoms with van der Waals surface area (Å²) in [5, 5.41) is 3.70. The van der Waals surface area contributed by atoms with E-state index in [1.807, 2.05) is 50.2 Å². The fraction of sp³-hybridized carbons (Fsp3) is 0.316. The highest BCUT2D eigenvalue weighted by Crippen LogP contribution is 2.19. The van der Waals surface area contributed by atoms with Crippen LogP contribution in [0.2, 0.25) is 5.02 Å². The molecule has 0 saturated heterocycles. The predicted molar refractivity (Wildman–Crippen MR) is 102 cm³/mol. The van der Waals surface area contributed by atoms with E-state index in [-0.39, 0.29) is 12.0 Å². The normalized spacial score (nSPS) is 10.7.